The van der Waals surface area contributed by atoms with Gasteiger partial charge in [0.1, 0.15) is 5.75 Å². The van der Waals surface area contributed by atoms with Crippen molar-refractivity contribution < 1.29 is 22.1 Å². The van der Waals surface area contributed by atoms with Gasteiger partial charge in [0, 0.05) is 16.0 Å². The highest BCUT2D eigenvalue weighted by Gasteiger charge is 2.29. The lowest BCUT2D eigenvalue weighted by molar-refractivity contribution is -0.137. The zero-order valence-corrected chi connectivity index (χ0v) is 14.2. The van der Waals surface area contributed by atoms with Crippen LogP contribution in [0.2, 0.25) is 0 Å². The van der Waals surface area contributed by atoms with Crippen molar-refractivity contribution in [1.29, 1.82) is 0 Å². The molecular formula is C17H18F3NO2S. The molecule has 130 valence electrons. The Balaban J connectivity index is 2.07. The molecule has 0 spiro atoms. The molecule has 0 aliphatic rings. The van der Waals surface area contributed by atoms with Crippen LogP contribution in [0, 0.1) is 0 Å². The molecule has 7 heteroatoms. The van der Waals surface area contributed by atoms with Gasteiger partial charge in [-0.2, -0.15) is 13.2 Å². The number of ether oxygens (including phenoxy) is 1. The van der Waals surface area contributed by atoms with Gasteiger partial charge >= 0.3 is 6.18 Å². The fraction of sp³-hybridized carbons (Fsp3) is 0.294. The third kappa shape index (κ3) is 5.26. The van der Waals surface area contributed by atoms with Crippen LogP contribution in [0.5, 0.6) is 5.75 Å². The minimum absolute atomic E-state index is 0.112. The summed E-state index contributed by atoms with van der Waals surface area (Å²) in [7, 11) is -0.963. The highest BCUT2D eigenvalue weighted by molar-refractivity contribution is 7.92. The highest BCUT2D eigenvalue weighted by atomic mass is 32.2. The average molecular weight is 357 g/mol. The van der Waals surface area contributed by atoms with Crippen molar-refractivity contribution in [2.45, 2.75) is 18.5 Å². The maximum absolute atomic E-state index is 12.5. The van der Waals surface area contributed by atoms with E-state index in [9.17, 15) is 17.4 Å². The first-order valence-corrected chi connectivity index (χ1v) is 9.23. The van der Waals surface area contributed by atoms with E-state index in [4.69, 9.17) is 4.74 Å². The molecule has 0 N–H and O–H groups in total. The van der Waals surface area contributed by atoms with Crippen LogP contribution < -0.4 is 4.74 Å². The van der Waals surface area contributed by atoms with E-state index in [2.05, 4.69) is 4.36 Å². The molecule has 24 heavy (non-hydrogen) atoms. The molecule has 0 aromatic heterocycles. The van der Waals surface area contributed by atoms with Gasteiger partial charge < -0.3 is 4.74 Å². The summed E-state index contributed by atoms with van der Waals surface area (Å²) < 4.78 is 59.4. The minimum atomic E-state index is -4.37. The van der Waals surface area contributed by atoms with Crippen molar-refractivity contribution in [2.24, 2.45) is 4.36 Å². The number of hydrogen-bond donors (Lipinski definition) is 0. The van der Waals surface area contributed by atoms with E-state index in [-0.39, 0.29) is 12.3 Å². The van der Waals surface area contributed by atoms with Crippen molar-refractivity contribution in [3.05, 3.63) is 65.2 Å². The third-order valence-corrected chi connectivity index (χ3v) is 4.94. The zero-order chi connectivity index (χ0) is 17.8. The first-order valence-electron chi connectivity index (χ1n) is 7.14. The molecule has 0 fully saturated rings. The lowest BCUT2D eigenvalue weighted by Gasteiger charge is -2.09. The average Bonchev–Trinajstić information content (AvgIpc) is 2.53. The molecule has 2 aromatic rings. The number of halogens is 3. The number of rotatable bonds is 5. The SMILES string of the molecule is COc1ccc(CN=S(C)(=O)Cc2ccc(C(F)(F)F)cc2)cc1. The molecule has 1 atom stereocenters. The van der Waals surface area contributed by atoms with E-state index in [0.717, 1.165) is 23.4 Å². The molecule has 0 saturated heterocycles. The summed E-state index contributed by atoms with van der Waals surface area (Å²) >= 11 is 0. The molecule has 2 aromatic carbocycles. The van der Waals surface area contributed by atoms with E-state index in [1.807, 2.05) is 12.1 Å². The van der Waals surface area contributed by atoms with Gasteiger partial charge in [-0.3, -0.25) is 0 Å². The Bertz CT molecular complexity index is 790. The summed E-state index contributed by atoms with van der Waals surface area (Å²) in [6, 6.07) is 11.9. The molecular weight excluding hydrogens is 339 g/mol. The van der Waals surface area contributed by atoms with Crippen LogP contribution in [0.4, 0.5) is 13.2 Å². The summed E-state index contributed by atoms with van der Waals surface area (Å²) in [5.74, 6) is 0.835. The lowest BCUT2D eigenvalue weighted by atomic mass is 10.1. The first kappa shape index (κ1) is 18.3. The van der Waals surface area contributed by atoms with E-state index in [1.54, 1.807) is 19.2 Å². The third-order valence-electron chi connectivity index (χ3n) is 3.40. The van der Waals surface area contributed by atoms with E-state index < -0.39 is 21.5 Å². The number of hydrogen-bond acceptors (Lipinski definition) is 3. The Kier molecular flexibility index (Phi) is 5.54. The standard InChI is InChI=1S/C17H18F3NO2S/c1-23-16-9-5-13(6-10-16)11-21-24(2,22)12-14-3-7-15(8-4-14)17(18,19)20/h3-10H,11-12H2,1-2H3. The number of alkyl halides is 3. The Morgan fingerprint density at radius 2 is 1.54 bits per heavy atom. The van der Waals surface area contributed by atoms with E-state index >= 15 is 0 Å². The summed E-state index contributed by atoms with van der Waals surface area (Å²) in [5, 5.41) is 0. The van der Waals surface area contributed by atoms with E-state index in [0.29, 0.717) is 5.56 Å². The summed E-state index contributed by atoms with van der Waals surface area (Å²) in [6.07, 6.45) is -2.86. The van der Waals surface area contributed by atoms with Gasteiger partial charge in [0.15, 0.2) is 0 Å². The van der Waals surface area contributed by atoms with Gasteiger partial charge in [-0.1, -0.05) is 24.3 Å². The number of benzene rings is 2. The van der Waals surface area contributed by atoms with Crippen molar-refractivity contribution in [1.82, 2.24) is 0 Å². The molecule has 0 bridgehead atoms. The van der Waals surface area contributed by atoms with Gasteiger partial charge in [0.25, 0.3) is 0 Å². The normalized spacial score (nSPS) is 14.0. The predicted molar refractivity (Wildman–Crippen MR) is 88.3 cm³/mol. The number of methoxy groups -OCH3 is 1. The van der Waals surface area contributed by atoms with Crippen LogP contribution in [0.15, 0.2) is 52.9 Å². The molecule has 0 radical (unpaired) electrons. The highest BCUT2D eigenvalue weighted by Crippen LogP contribution is 2.29. The molecule has 2 rings (SSSR count). The van der Waals surface area contributed by atoms with Gasteiger partial charge in [-0.25, -0.2) is 8.57 Å². The van der Waals surface area contributed by atoms with Gasteiger partial charge in [-0.05, 0) is 35.4 Å². The lowest BCUT2D eigenvalue weighted by Crippen LogP contribution is -2.06. The maximum Gasteiger partial charge on any atom is 0.416 e. The van der Waals surface area contributed by atoms with Gasteiger partial charge in [0.05, 0.1) is 25.0 Å². The van der Waals surface area contributed by atoms with Crippen molar-refractivity contribution in [3.8, 4) is 5.75 Å². The summed E-state index contributed by atoms with van der Waals surface area (Å²) in [6.45, 7) is 0.278. The molecule has 0 amide bonds. The van der Waals surface area contributed by atoms with E-state index in [1.165, 1.54) is 18.4 Å². The Morgan fingerprint density at radius 1 is 1.00 bits per heavy atom. The van der Waals surface area contributed by atoms with Crippen LogP contribution >= 0.6 is 0 Å². The first-order chi connectivity index (χ1) is 11.2. The Morgan fingerprint density at radius 3 is 2.04 bits per heavy atom. The quantitative estimate of drug-likeness (QED) is 0.790. The Hall–Kier alpha value is -2.02. The molecule has 1 unspecified atom stereocenters. The second-order valence-electron chi connectivity index (χ2n) is 5.43. The van der Waals surface area contributed by atoms with Crippen molar-refractivity contribution in [3.63, 3.8) is 0 Å². The molecule has 3 nitrogen and oxygen atoms in total. The topological polar surface area (TPSA) is 38.7 Å². The second-order valence-corrected chi connectivity index (χ2v) is 7.90. The predicted octanol–water partition coefficient (Wildman–Crippen LogP) is 4.51. The largest absolute Gasteiger partial charge is 0.497 e. The monoisotopic (exact) mass is 357 g/mol. The van der Waals surface area contributed by atoms with Crippen molar-refractivity contribution >= 4 is 9.73 Å². The zero-order valence-electron chi connectivity index (χ0n) is 13.3. The fourth-order valence-corrected chi connectivity index (χ4v) is 3.41. The van der Waals surface area contributed by atoms with Crippen LogP contribution in [0.3, 0.4) is 0 Å². The second kappa shape index (κ2) is 7.25. The van der Waals surface area contributed by atoms with Crippen LogP contribution in [0.1, 0.15) is 16.7 Å². The van der Waals surface area contributed by atoms with Crippen molar-refractivity contribution in [2.75, 3.05) is 13.4 Å². The summed E-state index contributed by atoms with van der Waals surface area (Å²) in [5.41, 5.74) is 0.732. The van der Waals surface area contributed by atoms with Crippen LogP contribution in [-0.4, -0.2) is 17.6 Å². The number of nitrogens with zero attached hydrogens (tertiary/aromatic N) is 1. The van der Waals surface area contributed by atoms with Gasteiger partial charge in [0.2, 0.25) is 0 Å². The summed E-state index contributed by atoms with van der Waals surface area (Å²) in [4.78, 5) is 0. The smallest absolute Gasteiger partial charge is 0.416 e. The maximum atomic E-state index is 12.5. The minimum Gasteiger partial charge on any atom is -0.497 e. The van der Waals surface area contributed by atoms with Crippen LogP contribution in [-0.2, 0) is 28.2 Å². The fourth-order valence-electron chi connectivity index (χ4n) is 2.09. The molecule has 0 aliphatic heterocycles. The Labute approximate surface area is 139 Å². The van der Waals surface area contributed by atoms with Gasteiger partial charge in [-0.15, -0.1) is 0 Å². The molecule has 0 aliphatic carbocycles. The molecule has 0 saturated carbocycles. The molecule has 0 heterocycles. The van der Waals surface area contributed by atoms with Crippen LogP contribution in [0.25, 0.3) is 0 Å².